The standard InChI is InChI=1S/C13H13ClN2O5/c14-10-3-1-2-9(15-10)11(17)16-5-4-7(12(18)19)8(6-16)13(20)21/h1-3,7-8H,4-6H2,(H,18,19)(H,20,21). The number of amides is 1. The molecule has 1 saturated heterocycles. The fourth-order valence-electron chi connectivity index (χ4n) is 2.37. The second-order valence-corrected chi connectivity index (χ2v) is 5.16. The zero-order chi connectivity index (χ0) is 15.6. The smallest absolute Gasteiger partial charge is 0.309 e. The molecular formula is C13H13ClN2O5. The number of carboxylic acid groups (broad SMARTS) is 2. The summed E-state index contributed by atoms with van der Waals surface area (Å²) < 4.78 is 0. The highest BCUT2D eigenvalue weighted by atomic mass is 35.5. The van der Waals surface area contributed by atoms with Gasteiger partial charge in [0.15, 0.2) is 0 Å². The number of pyridine rings is 1. The number of carboxylic acids is 2. The molecule has 112 valence electrons. The average molecular weight is 313 g/mol. The van der Waals surface area contributed by atoms with Crippen LogP contribution in [0, 0.1) is 11.8 Å². The molecule has 0 bridgehead atoms. The number of nitrogens with zero attached hydrogens (tertiary/aromatic N) is 2. The number of carbonyl (C=O) groups excluding carboxylic acids is 1. The Morgan fingerprint density at radius 3 is 2.43 bits per heavy atom. The lowest BCUT2D eigenvalue weighted by Crippen LogP contribution is -2.48. The van der Waals surface area contributed by atoms with E-state index in [0.29, 0.717) is 0 Å². The number of aliphatic carboxylic acids is 2. The maximum absolute atomic E-state index is 12.3. The van der Waals surface area contributed by atoms with Crippen molar-refractivity contribution in [2.45, 2.75) is 6.42 Å². The number of hydrogen-bond acceptors (Lipinski definition) is 4. The van der Waals surface area contributed by atoms with E-state index in [1.54, 1.807) is 6.07 Å². The lowest BCUT2D eigenvalue weighted by molar-refractivity contribution is -0.156. The molecule has 1 amide bonds. The minimum Gasteiger partial charge on any atom is -0.481 e. The first-order chi connectivity index (χ1) is 9.90. The van der Waals surface area contributed by atoms with Crippen LogP contribution in [0.4, 0.5) is 0 Å². The first-order valence-corrected chi connectivity index (χ1v) is 6.65. The molecule has 2 N–H and O–H groups in total. The molecular weight excluding hydrogens is 300 g/mol. The highest BCUT2D eigenvalue weighted by Crippen LogP contribution is 2.25. The Labute approximate surface area is 125 Å². The van der Waals surface area contributed by atoms with Crippen LogP contribution in [0.1, 0.15) is 16.9 Å². The van der Waals surface area contributed by atoms with Crippen molar-refractivity contribution in [3.63, 3.8) is 0 Å². The van der Waals surface area contributed by atoms with Gasteiger partial charge < -0.3 is 15.1 Å². The van der Waals surface area contributed by atoms with E-state index in [1.165, 1.54) is 17.0 Å². The topological polar surface area (TPSA) is 108 Å². The quantitative estimate of drug-likeness (QED) is 0.806. The number of likely N-dealkylation sites (tertiary alicyclic amines) is 1. The fourth-order valence-corrected chi connectivity index (χ4v) is 2.54. The zero-order valence-corrected chi connectivity index (χ0v) is 11.7. The van der Waals surface area contributed by atoms with E-state index in [2.05, 4.69) is 4.98 Å². The third-order valence-corrected chi connectivity index (χ3v) is 3.68. The van der Waals surface area contributed by atoms with Crippen molar-refractivity contribution in [3.8, 4) is 0 Å². The van der Waals surface area contributed by atoms with Gasteiger partial charge in [-0.25, -0.2) is 4.98 Å². The minimum atomic E-state index is -1.22. The van der Waals surface area contributed by atoms with Crippen molar-refractivity contribution in [2.75, 3.05) is 13.1 Å². The number of carbonyl (C=O) groups is 3. The van der Waals surface area contributed by atoms with Crippen molar-refractivity contribution in [3.05, 3.63) is 29.0 Å². The molecule has 2 heterocycles. The van der Waals surface area contributed by atoms with Gasteiger partial charge in [0.05, 0.1) is 11.8 Å². The minimum absolute atomic E-state index is 0.0958. The summed E-state index contributed by atoms with van der Waals surface area (Å²) in [4.78, 5) is 39.7. The van der Waals surface area contributed by atoms with Crippen LogP contribution in [-0.4, -0.2) is 51.0 Å². The van der Waals surface area contributed by atoms with Crippen LogP contribution in [-0.2, 0) is 9.59 Å². The largest absolute Gasteiger partial charge is 0.481 e. The summed E-state index contributed by atoms with van der Waals surface area (Å²) in [6.07, 6.45) is 0.0958. The van der Waals surface area contributed by atoms with E-state index in [9.17, 15) is 14.4 Å². The van der Waals surface area contributed by atoms with E-state index in [4.69, 9.17) is 21.8 Å². The Morgan fingerprint density at radius 1 is 1.19 bits per heavy atom. The van der Waals surface area contributed by atoms with Gasteiger partial charge in [0, 0.05) is 13.1 Å². The van der Waals surface area contributed by atoms with E-state index in [1.807, 2.05) is 0 Å². The van der Waals surface area contributed by atoms with Gasteiger partial charge in [-0.2, -0.15) is 0 Å². The summed E-state index contributed by atoms with van der Waals surface area (Å²) in [7, 11) is 0. The van der Waals surface area contributed by atoms with Gasteiger partial charge in [-0.15, -0.1) is 0 Å². The highest BCUT2D eigenvalue weighted by molar-refractivity contribution is 6.29. The van der Waals surface area contributed by atoms with Gasteiger partial charge in [0.25, 0.3) is 5.91 Å². The van der Waals surface area contributed by atoms with Gasteiger partial charge in [-0.1, -0.05) is 17.7 Å². The Morgan fingerprint density at radius 2 is 1.86 bits per heavy atom. The summed E-state index contributed by atoms with van der Waals surface area (Å²) in [6.45, 7) is 0.0209. The molecule has 8 heteroatoms. The van der Waals surface area contributed by atoms with Crippen LogP contribution in [0.5, 0.6) is 0 Å². The molecule has 0 spiro atoms. The molecule has 1 aliphatic heterocycles. The van der Waals surface area contributed by atoms with Crippen molar-refractivity contribution in [2.24, 2.45) is 11.8 Å². The zero-order valence-electron chi connectivity index (χ0n) is 10.9. The molecule has 0 aromatic carbocycles. The monoisotopic (exact) mass is 312 g/mol. The van der Waals surface area contributed by atoms with Gasteiger partial charge >= 0.3 is 11.9 Å². The first kappa shape index (κ1) is 15.2. The summed E-state index contributed by atoms with van der Waals surface area (Å²) in [5, 5.41) is 18.3. The van der Waals surface area contributed by atoms with Crippen LogP contribution in [0.3, 0.4) is 0 Å². The number of piperidine rings is 1. The van der Waals surface area contributed by atoms with Crippen LogP contribution < -0.4 is 0 Å². The third kappa shape index (κ3) is 3.30. The summed E-state index contributed by atoms with van der Waals surface area (Å²) >= 11 is 5.72. The number of rotatable bonds is 3. The van der Waals surface area contributed by atoms with Crippen molar-refractivity contribution in [1.29, 1.82) is 0 Å². The maximum atomic E-state index is 12.3. The molecule has 2 rings (SSSR count). The molecule has 7 nitrogen and oxygen atoms in total. The molecule has 1 aromatic rings. The fraction of sp³-hybridized carbons (Fsp3) is 0.385. The van der Waals surface area contributed by atoms with E-state index >= 15 is 0 Å². The Hall–Kier alpha value is -2.15. The second kappa shape index (κ2) is 6.09. The molecule has 21 heavy (non-hydrogen) atoms. The Bertz CT molecular complexity index is 592. The van der Waals surface area contributed by atoms with Gasteiger partial charge in [-0.05, 0) is 18.6 Å². The predicted molar refractivity (Wildman–Crippen MR) is 72.0 cm³/mol. The second-order valence-electron chi connectivity index (χ2n) is 4.77. The van der Waals surface area contributed by atoms with Crippen LogP contribution in [0.25, 0.3) is 0 Å². The van der Waals surface area contributed by atoms with Gasteiger partial charge in [0.2, 0.25) is 0 Å². The van der Waals surface area contributed by atoms with Crippen LogP contribution >= 0.6 is 11.6 Å². The molecule has 0 saturated carbocycles. The summed E-state index contributed by atoms with van der Waals surface area (Å²) in [5.74, 6) is -4.94. The Balaban J connectivity index is 2.17. The predicted octanol–water partition coefficient (Wildman–Crippen LogP) is 0.983. The summed E-state index contributed by atoms with van der Waals surface area (Å²) in [5.41, 5.74) is 0.111. The first-order valence-electron chi connectivity index (χ1n) is 6.27. The lowest BCUT2D eigenvalue weighted by atomic mass is 9.85. The number of hydrogen-bond donors (Lipinski definition) is 2. The summed E-state index contributed by atoms with van der Waals surface area (Å²) in [6, 6.07) is 4.57. The Kier molecular flexibility index (Phi) is 4.42. The SMILES string of the molecule is O=C(O)C1CCN(C(=O)c2cccc(Cl)n2)CC1C(=O)O. The van der Waals surface area contributed by atoms with Crippen LogP contribution in [0.2, 0.25) is 5.15 Å². The molecule has 1 fully saturated rings. The lowest BCUT2D eigenvalue weighted by Gasteiger charge is -2.34. The van der Waals surface area contributed by atoms with Crippen molar-refractivity contribution in [1.82, 2.24) is 9.88 Å². The van der Waals surface area contributed by atoms with Crippen molar-refractivity contribution >= 4 is 29.4 Å². The molecule has 1 aromatic heterocycles. The van der Waals surface area contributed by atoms with Gasteiger partial charge in [0.1, 0.15) is 10.8 Å². The van der Waals surface area contributed by atoms with E-state index in [0.717, 1.165) is 0 Å². The third-order valence-electron chi connectivity index (χ3n) is 3.47. The van der Waals surface area contributed by atoms with Crippen LogP contribution in [0.15, 0.2) is 18.2 Å². The normalized spacial score (nSPS) is 21.9. The number of aromatic nitrogens is 1. The number of halogens is 1. The molecule has 2 unspecified atom stereocenters. The maximum Gasteiger partial charge on any atom is 0.309 e. The highest BCUT2D eigenvalue weighted by Gasteiger charge is 2.40. The molecule has 1 aliphatic rings. The molecule has 0 aliphatic carbocycles. The van der Waals surface area contributed by atoms with E-state index in [-0.39, 0.29) is 30.4 Å². The van der Waals surface area contributed by atoms with Crippen molar-refractivity contribution < 1.29 is 24.6 Å². The van der Waals surface area contributed by atoms with Gasteiger partial charge in [-0.3, -0.25) is 14.4 Å². The average Bonchev–Trinajstić information content (AvgIpc) is 2.45. The van der Waals surface area contributed by atoms with E-state index < -0.39 is 29.7 Å². The molecule has 0 radical (unpaired) electrons. The molecule has 2 atom stereocenters.